The molecule has 29 heavy (non-hydrogen) atoms. The number of para-hydroxylation sites is 2. The molecule has 0 saturated carbocycles. The summed E-state index contributed by atoms with van der Waals surface area (Å²) in [4.78, 5) is 32.2. The number of H-pyrrole nitrogens is 1. The van der Waals surface area contributed by atoms with E-state index < -0.39 is 5.25 Å². The van der Waals surface area contributed by atoms with Crippen LogP contribution in [0.15, 0.2) is 70.7 Å². The number of hydrogen-bond acceptors (Lipinski definition) is 5. The molecule has 2 heterocycles. The Hall–Kier alpha value is -3.10. The van der Waals surface area contributed by atoms with Gasteiger partial charge in [-0.3, -0.25) is 9.59 Å². The Morgan fingerprint density at radius 3 is 2.66 bits per heavy atom. The minimum Gasteiger partial charge on any atom is -0.324 e. The maximum absolute atomic E-state index is 12.5. The molecule has 2 N–H and O–H groups in total. The van der Waals surface area contributed by atoms with E-state index in [1.165, 1.54) is 6.20 Å². The third kappa shape index (κ3) is 4.03. The minimum atomic E-state index is -0.514. The van der Waals surface area contributed by atoms with Gasteiger partial charge in [-0.05, 0) is 31.2 Å². The average molecular weight is 426 g/mol. The number of anilines is 1. The third-order valence-corrected chi connectivity index (χ3v) is 5.52. The number of hydrogen-bond donors (Lipinski definition) is 2. The lowest BCUT2D eigenvalue weighted by Crippen LogP contribution is -2.23. The highest BCUT2D eigenvalue weighted by molar-refractivity contribution is 8.00. The second-order valence-electron chi connectivity index (χ2n) is 6.23. The Morgan fingerprint density at radius 2 is 1.90 bits per heavy atom. The third-order valence-electron chi connectivity index (χ3n) is 4.21. The largest absolute Gasteiger partial charge is 0.324 e. The summed E-state index contributed by atoms with van der Waals surface area (Å²) in [6.07, 6.45) is 1.48. The van der Waals surface area contributed by atoms with Crippen molar-refractivity contribution in [3.8, 4) is 5.69 Å². The van der Waals surface area contributed by atoms with Crippen LogP contribution < -0.4 is 10.9 Å². The molecule has 7 nitrogen and oxygen atoms in total. The van der Waals surface area contributed by atoms with Gasteiger partial charge in [-0.15, -0.1) is 0 Å². The number of nitrogens with zero attached hydrogens (tertiary/aromatic N) is 3. The summed E-state index contributed by atoms with van der Waals surface area (Å²) in [6.45, 7) is 1.73. The lowest BCUT2D eigenvalue weighted by atomic mass is 10.3. The fraction of sp³-hybridized carbons (Fsp3) is 0.100. The van der Waals surface area contributed by atoms with Crippen LogP contribution in [0.1, 0.15) is 6.92 Å². The zero-order chi connectivity index (χ0) is 20.4. The van der Waals surface area contributed by atoms with E-state index in [1.807, 2.05) is 30.3 Å². The van der Waals surface area contributed by atoms with Crippen LogP contribution in [0, 0.1) is 0 Å². The molecule has 0 radical (unpaired) electrons. The van der Waals surface area contributed by atoms with Gasteiger partial charge in [-0.25, -0.2) is 9.67 Å². The highest BCUT2D eigenvalue weighted by Gasteiger charge is 2.19. The van der Waals surface area contributed by atoms with Crippen molar-refractivity contribution in [2.24, 2.45) is 0 Å². The molecule has 9 heteroatoms. The first kappa shape index (κ1) is 19.2. The van der Waals surface area contributed by atoms with Crippen molar-refractivity contribution in [3.63, 3.8) is 0 Å². The Morgan fingerprint density at radius 1 is 1.17 bits per heavy atom. The SMILES string of the molecule is CC(Sc1nc2c(cnn2-c2ccccc2)c(=O)[nH]1)C(=O)Nc1ccccc1Cl. The van der Waals surface area contributed by atoms with Crippen molar-refractivity contribution >= 4 is 46.0 Å². The molecule has 0 bridgehead atoms. The number of benzene rings is 2. The number of fused-ring (bicyclic) bond motifs is 1. The van der Waals surface area contributed by atoms with E-state index in [4.69, 9.17) is 11.6 Å². The van der Waals surface area contributed by atoms with Gasteiger partial charge >= 0.3 is 0 Å². The summed E-state index contributed by atoms with van der Waals surface area (Å²) < 4.78 is 1.60. The number of nitrogens with one attached hydrogen (secondary N) is 2. The fourth-order valence-corrected chi connectivity index (χ4v) is 3.70. The lowest BCUT2D eigenvalue weighted by molar-refractivity contribution is -0.115. The highest BCUT2D eigenvalue weighted by Crippen LogP contribution is 2.25. The van der Waals surface area contributed by atoms with E-state index in [1.54, 1.807) is 35.9 Å². The van der Waals surface area contributed by atoms with Crippen LogP contribution in [0.5, 0.6) is 0 Å². The molecular formula is C20H16ClN5O2S. The molecule has 2 aromatic heterocycles. The van der Waals surface area contributed by atoms with Gasteiger partial charge in [-0.1, -0.05) is 53.7 Å². The second kappa shape index (κ2) is 8.10. The standard InChI is InChI=1S/C20H16ClN5O2S/c1-12(18(27)23-16-10-6-5-9-15(16)21)29-20-24-17-14(19(28)25-20)11-22-26(17)13-7-3-2-4-8-13/h2-12H,1H3,(H,23,27)(H,24,25,28). The van der Waals surface area contributed by atoms with Crippen molar-refractivity contribution in [2.75, 3.05) is 5.32 Å². The number of carbonyl (C=O) groups excluding carboxylic acids is 1. The number of aromatic nitrogens is 4. The molecule has 4 rings (SSSR count). The van der Waals surface area contributed by atoms with E-state index in [2.05, 4.69) is 20.4 Å². The van der Waals surface area contributed by atoms with Gasteiger partial charge in [-0.2, -0.15) is 5.10 Å². The summed E-state index contributed by atoms with van der Waals surface area (Å²) in [5.74, 6) is -0.248. The van der Waals surface area contributed by atoms with Crippen LogP contribution in [0.3, 0.4) is 0 Å². The topological polar surface area (TPSA) is 92.7 Å². The predicted molar refractivity (Wildman–Crippen MR) is 115 cm³/mol. The molecular weight excluding hydrogens is 410 g/mol. The average Bonchev–Trinajstić information content (AvgIpc) is 3.15. The first-order chi connectivity index (χ1) is 14.0. The van der Waals surface area contributed by atoms with Crippen molar-refractivity contribution in [1.29, 1.82) is 0 Å². The molecule has 0 aliphatic carbocycles. The summed E-state index contributed by atoms with van der Waals surface area (Å²) >= 11 is 7.24. The summed E-state index contributed by atoms with van der Waals surface area (Å²) in [7, 11) is 0. The lowest BCUT2D eigenvalue weighted by Gasteiger charge is -2.12. The molecule has 1 unspecified atom stereocenters. The number of aromatic amines is 1. The van der Waals surface area contributed by atoms with Crippen LogP contribution in [-0.4, -0.2) is 30.9 Å². The Kier molecular flexibility index (Phi) is 5.37. The monoisotopic (exact) mass is 425 g/mol. The van der Waals surface area contributed by atoms with Gasteiger partial charge in [0.05, 0.1) is 27.8 Å². The van der Waals surface area contributed by atoms with E-state index in [0.717, 1.165) is 17.4 Å². The van der Waals surface area contributed by atoms with Gasteiger partial charge in [0.2, 0.25) is 5.91 Å². The van der Waals surface area contributed by atoms with Crippen LogP contribution in [-0.2, 0) is 4.79 Å². The molecule has 0 saturated heterocycles. The highest BCUT2D eigenvalue weighted by atomic mass is 35.5. The smallest absolute Gasteiger partial charge is 0.262 e. The van der Waals surface area contributed by atoms with Gasteiger partial charge in [0.25, 0.3) is 5.56 Å². The Balaban J connectivity index is 1.60. The maximum Gasteiger partial charge on any atom is 0.262 e. The minimum absolute atomic E-state index is 0.248. The molecule has 146 valence electrons. The van der Waals surface area contributed by atoms with Crippen LogP contribution in [0.25, 0.3) is 16.7 Å². The molecule has 1 amide bonds. The number of thioether (sulfide) groups is 1. The molecule has 1 atom stereocenters. The molecule has 0 fully saturated rings. The zero-order valence-electron chi connectivity index (χ0n) is 15.3. The molecule has 0 spiro atoms. The van der Waals surface area contributed by atoms with Gasteiger partial charge in [0, 0.05) is 0 Å². The van der Waals surface area contributed by atoms with E-state index in [0.29, 0.717) is 26.9 Å². The maximum atomic E-state index is 12.5. The quantitative estimate of drug-likeness (QED) is 0.374. The van der Waals surface area contributed by atoms with Crippen molar-refractivity contribution in [2.45, 2.75) is 17.3 Å². The van der Waals surface area contributed by atoms with Crippen LogP contribution in [0.2, 0.25) is 5.02 Å². The molecule has 2 aromatic carbocycles. The van der Waals surface area contributed by atoms with Crippen molar-refractivity contribution in [1.82, 2.24) is 19.7 Å². The van der Waals surface area contributed by atoms with Crippen LogP contribution >= 0.6 is 23.4 Å². The number of amides is 1. The molecule has 4 aromatic rings. The first-order valence-electron chi connectivity index (χ1n) is 8.78. The number of carbonyl (C=O) groups is 1. The van der Waals surface area contributed by atoms with Gasteiger partial charge in [0.15, 0.2) is 10.8 Å². The Bertz CT molecular complexity index is 1240. The summed E-state index contributed by atoms with van der Waals surface area (Å²) in [5, 5.41) is 7.72. The number of rotatable bonds is 5. The van der Waals surface area contributed by atoms with E-state index in [9.17, 15) is 9.59 Å². The van der Waals surface area contributed by atoms with E-state index in [-0.39, 0.29) is 11.5 Å². The number of halogens is 1. The van der Waals surface area contributed by atoms with E-state index >= 15 is 0 Å². The predicted octanol–water partition coefficient (Wildman–Crippen LogP) is 3.88. The van der Waals surface area contributed by atoms with Crippen LogP contribution in [0.4, 0.5) is 5.69 Å². The first-order valence-corrected chi connectivity index (χ1v) is 10.0. The van der Waals surface area contributed by atoms with Crippen molar-refractivity contribution < 1.29 is 4.79 Å². The molecule has 0 aliphatic heterocycles. The molecule has 0 aliphatic rings. The Labute approximate surface area is 175 Å². The summed E-state index contributed by atoms with van der Waals surface area (Å²) in [6, 6.07) is 16.4. The second-order valence-corrected chi connectivity index (χ2v) is 7.97. The fourth-order valence-electron chi connectivity index (χ4n) is 2.73. The van der Waals surface area contributed by atoms with Gasteiger partial charge in [0.1, 0.15) is 5.39 Å². The normalized spacial score (nSPS) is 12.1. The summed E-state index contributed by atoms with van der Waals surface area (Å²) in [5.41, 5.74) is 1.45. The van der Waals surface area contributed by atoms with Gasteiger partial charge < -0.3 is 10.3 Å². The zero-order valence-corrected chi connectivity index (χ0v) is 16.9. The van der Waals surface area contributed by atoms with Crippen molar-refractivity contribution in [3.05, 3.63) is 76.2 Å².